The number of carbonyl (C=O) groups excluding carboxylic acids is 2. The number of rotatable bonds is 5. The van der Waals surface area contributed by atoms with Crippen LogP contribution in [0.5, 0.6) is 0 Å². The molecule has 0 bridgehead atoms. The first-order valence-corrected chi connectivity index (χ1v) is 6.61. The molecule has 0 aliphatic carbocycles. The van der Waals surface area contributed by atoms with Crippen molar-refractivity contribution in [3.8, 4) is 0 Å². The molecule has 0 saturated heterocycles. The lowest BCUT2D eigenvalue weighted by molar-refractivity contribution is -0.122. The third kappa shape index (κ3) is 4.39. The minimum Gasteiger partial charge on any atom is -0.354 e. The Hall–Kier alpha value is -1.84. The molecule has 4 heteroatoms. The monoisotopic (exact) mass is 262 g/mol. The van der Waals surface area contributed by atoms with E-state index in [9.17, 15) is 9.59 Å². The maximum atomic E-state index is 12.0. The van der Waals surface area contributed by atoms with Gasteiger partial charge in [-0.25, -0.2) is 0 Å². The standard InChI is InChI=1S/C15H22N2O2/c1-5-8-16-14(18)12(4)17-15(19)13-7-6-10(2)11(3)9-13/h6-7,9,12H,5,8H2,1-4H3,(H,16,18)(H,17,19)/t12-/m0/s1. The average molecular weight is 262 g/mol. The van der Waals surface area contributed by atoms with E-state index in [1.807, 2.05) is 32.9 Å². The molecule has 0 radical (unpaired) electrons. The lowest BCUT2D eigenvalue weighted by Gasteiger charge is -2.14. The van der Waals surface area contributed by atoms with Crippen LogP contribution < -0.4 is 10.6 Å². The maximum absolute atomic E-state index is 12.0. The topological polar surface area (TPSA) is 58.2 Å². The Kier molecular flexibility index (Phi) is 5.55. The van der Waals surface area contributed by atoms with E-state index < -0.39 is 6.04 Å². The van der Waals surface area contributed by atoms with Gasteiger partial charge in [-0.05, 0) is 50.5 Å². The highest BCUT2D eigenvalue weighted by molar-refractivity contribution is 5.97. The van der Waals surface area contributed by atoms with Crippen molar-refractivity contribution < 1.29 is 9.59 Å². The summed E-state index contributed by atoms with van der Waals surface area (Å²) in [5, 5.41) is 5.46. The molecule has 1 atom stereocenters. The van der Waals surface area contributed by atoms with Gasteiger partial charge < -0.3 is 10.6 Å². The van der Waals surface area contributed by atoms with Crippen LogP contribution in [0.3, 0.4) is 0 Å². The highest BCUT2D eigenvalue weighted by Gasteiger charge is 2.16. The van der Waals surface area contributed by atoms with Crippen LogP contribution in [0.1, 0.15) is 41.8 Å². The van der Waals surface area contributed by atoms with Crippen LogP contribution in [0.2, 0.25) is 0 Å². The van der Waals surface area contributed by atoms with E-state index >= 15 is 0 Å². The fourth-order valence-electron chi connectivity index (χ4n) is 1.63. The third-order valence-corrected chi connectivity index (χ3v) is 3.06. The van der Waals surface area contributed by atoms with Crippen molar-refractivity contribution >= 4 is 11.8 Å². The predicted octanol–water partition coefficient (Wildman–Crippen LogP) is 1.95. The van der Waals surface area contributed by atoms with Gasteiger partial charge in [-0.3, -0.25) is 9.59 Å². The minimum absolute atomic E-state index is 0.154. The van der Waals surface area contributed by atoms with E-state index in [1.54, 1.807) is 13.0 Å². The minimum atomic E-state index is -0.527. The fraction of sp³-hybridized carbons (Fsp3) is 0.467. The zero-order valence-corrected chi connectivity index (χ0v) is 12.0. The molecular formula is C15H22N2O2. The van der Waals surface area contributed by atoms with Crippen molar-refractivity contribution in [3.05, 3.63) is 34.9 Å². The summed E-state index contributed by atoms with van der Waals surface area (Å²) in [4.78, 5) is 23.7. The van der Waals surface area contributed by atoms with Gasteiger partial charge in [0.05, 0.1) is 0 Å². The third-order valence-electron chi connectivity index (χ3n) is 3.06. The highest BCUT2D eigenvalue weighted by atomic mass is 16.2. The van der Waals surface area contributed by atoms with Crippen LogP contribution in [0, 0.1) is 13.8 Å². The van der Waals surface area contributed by atoms with Gasteiger partial charge in [0, 0.05) is 12.1 Å². The first-order chi connectivity index (χ1) is 8.95. The second-order valence-corrected chi connectivity index (χ2v) is 4.79. The van der Waals surface area contributed by atoms with Crippen LogP contribution >= 0.6 is 0 Å². The summed E-state index contributed by atoms with van der Waals surface area (Å²) < 4.78 is 0. The van der Waals surface area contributed by atoms with Gasteiger partial charge in [-0.15, -0.1) is 0 Å². The zero-order valence-electron chi connectivity index (χ0n) is 12.0. The quantitative estimate of drug-likeness (QED) is 0.852. The summed E-state index contributed by atoms with van der Waals surface area (Å²) >= 11 is 0. The molecule has 1 aromatic rings. The number of aryl methyl sites for hydroxylation is 2. The summed E-state index contributed by atoms with van der Waals surface area (Å²) in [5.74, 6) is -0.374. The van der Waals surface area contributed by atoms with Gasteiger partial charge >= 0.3 is 0 Å². The molecule has 0 saturated carbocycles. The molecule has 0 unspecified atom stereocenters. The van der Waals surface area contributed by atoms with Gasteiger partial charge in [0.1, 0.15) is 6.04 Å². The van der Waals surface area contributed by atoms with Crippen LogP contribution in [-0.4, -0.2) is 24.4 Å². The smallest absolute Gasteiger partial charge is 0.251 e. The Morgan fingerprint density at radius 3 is 2.47 bits per heavy atom. The van der Waals surface area contributed by atoms with E-state index in [4.69, 9.17) is 0 Å². The summed E-state index contributed by atoms with van der Waals surface area (Å²) in [6.45, 7) is 8.26. The summed E-state index contributed by atoms with van der Waals surface area (Å²) in [6.07, 6.45) is 0.879. The van der Waals surface area contributed by atoms with Crippen LogP contribution in [0.15, 0.2) is 18.2 Å². The molecule has 0 spiro atoms. The van der Waals surface area contributed by atoms with Crippen molar-refractivity contribution in [1.82, 2.24) is 10.6 Å². The van der Waals surface area contributed by atoms with Crippen molar-refractivity contribution in [2.45, 2.75) is 40.2 Å². The summed E-state index contributed by atoms with van der Waals surface area (Å²) in [7, 11) is 0. The van der Waals surface area contributed by atoms with E-state index in [2.05, 4.69) is 10.6 Å². The molecule has 0 aliphatic heterocycles. The largest absolute Gasteiger partial charge is 0.354 e. The van der Waals surface area contributed by atoms with Gasteiger partial charge in [-0.1, -0.05) is 13.0 Å². The number of benzene rings is 1. The number of hydrogen-bond donors (Lipinski definition) is 2. The van der Waals surface area contributed by atoms with E-state index in [0.717, 1.165) is 17.5 Å². The zero-order chi connectivity index (χ0) is 14.4. The first kappa shape index (κ1) is 15.2. The molecule has 4 nitrogen and oxygen atoms in total. The van der Waals surface area contributed by atoms with Crippen molar-refractivity contribution in [3.63, 3.8) is 0 Å². The first-order valence-electron chi connectivity index (χ1n) is 6.61. The molecule has 19 heavy (non-hydrogen) atoms. The molecule has 104 valence electrons. The van der Waals surface area contributed by atoms with Gasteiger partial charge in [-0.2, -0.15) is 0 Å². The molecular weight excluding hydrogens is 240 g/mol. The normalized spacial score (nSPS) is 11.8. The number of hydrogen-bond acceptors (Lipinski definition) is 2. The molecule has 2 amide bonds. The molecule has 0 aliphatic rings. The lowest BCUT2D eigenvalue weighted by atomic mass is 10.1. The molecule has 0 aromatic heterocycles. The molecule has 0 fully saturated rings. The molecule has 2 N–H and O–H groups in total. The maximum Gasteiger partial charge on any atom is 0.251 e. The van der Waals surface area contributed by atoms with E-state index in [0.29, 0.717) is 12.1 Å². The molecule has 0 heterocycles. The fourth-order valence-corrected chi connectivity index (χ4v) is 1.63. The van der Waals surface area contributed by atoms with Crippen molar-refractivity contribution in [2.75, 3.05) is 6.54 Å². The Balaban J connectivity index is 2.63. The second kappa shape index (κ2) is 6.92. The van der Waals surface area contributed by atoms with Crippen molar-refractivity contribution in [1.29, 1.82) is 0 Å². The highest BCUT2D eigenvalue weighted by Crippen LogP contribution is 2.09. The van der Waals surface area contributed by atoms with Gasteiger partial charge in [0.25, 0.3) is 5.91 Å². The van der Waals surface area contributed by atoms with Gasteiger partial charge in [0.15, 0.2) is 0 Å². The van der Waals surface area contributed by atoms with Crippen molar-refractivity contribution in [2.24, 2.45) is 0 Å². The SMILES string of the molecule is CCCNC(=O)[C@H](C)NC(=O)c1ccc(C)c(C)c1. The Morgan fingerprint density at radius 1 is 1.21 bits per heavy atom. The predicted molar refractivity (Wildman–Crippen MR) is 76.1 cm³/mol. The second-order valence-electron chi connectivity index (χ2n) is 4.79. The molecule has 1 rings (SSSR count). The Labute approximate surface area is 114 Å². The average Bonchev–Trinajstić information content (AvgIpc) is 2.38. The number of amides is 2. The Bertz CT molecular complexity index is 469. The Morgan fingerprint density at radius 2 is 1.89 bits per heavy atom. The van der Waals surface area contributed by atoms with Gasteiger partial charge in [0.2, 0.25) is 5.91 Å². The van der Waals surface area contributed by atoms with E-state index in [1.165, 1.54) is 0 Å². The molecule has 1 aromatic carbocycles. The lowest BCUT2D eigenvalue weighted by Crippen LogP contribution is -2.45. The van der Waals surface area contributed by atoms with Crippen LogP contribution in [-0.2, 0) is 4.79 Å². The summed E-state index contributed by atoms with van der Waals surface area (Å²) in [5.41, 5.74) is 2.79. The van der Waals surface area contributed by atoms with E-state index in [-0.39, 0.29) is 11.8 Å². The number of carbonyl (C=O) groups is 2. The van der Waals surface area contributed by atoms with Crippen LogP contribution in [0.4, 0.5) is 0 Å². The summed E-state index contributed by atoms with van der Waals surface area (Å²) in [6, 6.07) is 4.99. The number of nitrogens with one attached hydrogen (secondary N) is 2. The van der Waals surface area contributed by atoms with Crippen LogP contribution in [0.25, 0.3) is 0 Å².